The van der Waals surface area contributed by atoms with Crippen molar-refractivity contribution in [3.63, 3.8) is 0 Å². The molecule has 1 N–H and O–H groups in total. The molecule has 0 aliphatic heterocycles. The van der Waals surface area contributed by atoms with Crippen molar-refractivity contribution in [2.75, 3.05) is 5.75 Å². The summed E-state index contributed by atoms with van der Waals surface area (Å²) in [6.07, 6.45) is -3.26. The number of H-pyrrole nitrogens is 1. The van der Waals surface area contributed by atoms with Crippen LogP contribution in [0.15, 0.2) is 26.6 Å². The molecule has 0 aliphatic carbocycles. The average molecular weight is 397 g/mol. The van der Waals surface area contributed by atoms with Crippen molar-refractivity contribution in [3.05, 3.63) is 55.4 Å². The zero-order valence-corrected chi connectivity index (χ0v) is 15.8. The third kappa shape index (κ3) is 4.45. The van der Waals surface area contributed by atoms with Gasteiger partial charge in [-0.2, -0.15) is 18.4 Å². The fraction of sp³-hybridized carbons (Fsp3) is 0.389. The van der Waals surface area contributed by atoms with Gasteiger partial charge in [0.25, 0.3) is 5.56 Å². The van der Waals surface area contributed by atoms with Gasteiger partial charge < -0.3 is 0 Å². The lowest BCUT2D eigenvalue weighted by molar-refractivity contribution is -0.105. The van der Waals surface area contributed by atoms with Gasteiger partial charge in [0.15, 0.2) is 0 Å². The van der Waals surface area contributed by atoms with E-state index in [1.807, 2.05) is 13.8 Å². The van der Waals surface area contributed by atoms with E-state index in [0.717, 1.165) is 11.1 Å². The van der Waals surface area contributed by atoms with Crippen LogP contribution in [-0.4, -0.2) is 21.5 Å². The Morgan fingerprint density at radius 2 is 1.81 bits per heavy atom. The van der Waals surface area contributed by atoms with Crippen LogP contribution < -0.4 is 11.2 Å². The number of nitrogens with zero attached hydrogens (tertiary/aromatic N) is 2. The number of nitrogens with one attached hydrogen (secondary N) is 1. The molecule has 0 amide bonds. The molecule has 0 radical (unpaired) electrons. The molecule has 0 saturated carbocycles. The number of hydrogen-bond donors (Lipinski definition) is 1. The van der Waals surface area contributed by atoms with Gasteiger partial charge in [-0.25, -0.2) is 4.79 Å². The molecule has 1 aromatic heterocycles. The van der Waals surface area contributed by atoms with E-state index >= 15 is 0 Å². The topological polar surface area (TPSA) is 78.7 Å². The number of rotatable bonds is 5. The number of benzene rings is 1. The molecule has 27 heavy (non-hydrogen) atoms. The number of halogens is 3. The first-order valence-electron chi connectivity index (χ1n) is 8.24. The first-order chi connectivity index (χ1) is 12.6. The van der Waals surface area contributed by atoms with Crippen molar-refractivity contribution in [2.24, 2.45) is 0 Å². The maximum absolute atomic E-state index is 12.7. The van der Waals surface area contributed by atoms with E-state index in [9.17, 15) is 28.0 Å². The lowest BCUT2D eigenvalue weighted by Gasteiger charge is -2.18. The van der Waals surface area contributed by atoms with E-state index in [1.54, 1.807) is 12.1 Å². The largest absolute Gasteiger partial charge is 0.398 e. The second-order valence-corrected chi connectivity index (χ2v) is 6.88. The molecular formula is C18H18F3N3O2S. The number of hydrogen-bond acceptors (Lipinski definition) is 4. The Balaban J connectivity index is 2.76. The minimum atomic E-state index is -4.32. The third-order valence-corrected chi connectivity index (χ3v) is 5.28. The number of aryl methyl sites for hydroxylation is 2. The SMILES string of the molecule is CCc1cc(CC)c(-n2c(C)c(C#N)c(=O)[nH]c2=O)cc1SCC(F)(F)F. The highest BCUT2D eigenvalue weighted by molar-refractivity contribution is 7.99. The molecule has 0 spiro atoms. The molecule has 2 rings (SSSR count). The Labute approximate surface area is 157 Å². The van der Waals surface area contributed by atoms with E-state index in [1.165, 1.54) is 17.6 Å². The summed E-state index contributed by atoms with van der Waals surface area (Å²) in [5.41, 5.74) is 0.283. The zero-order chi connectivity index (χ0) is 20.4. The van der Waals surface area contributed by atoms with Crippen LogP contribution in [0.5, 0.6) is 0 Å². The van der Waals surface area contributed by atoms with Gasteiger partial charge in [0.2, 0.25) is 0 Å². The predicted octanol–water partition coefficient (Wildman–Crippen LogP) is 3.49. The van der Waals surface area contributed by atoms with Gasteiger partial charge in [0.05, 0.1) is 11.4 Å². The third-order valence-electron chi connectivity index (χ3n) is 4.12. The van der Waals surface area contributed by atoms with Gasteiger partial charge in [-0.1, -0.05) is 19.9 Å². The minimum absolute atomic E-state index is 0.150. The summed E-state index contributed by atoms with van der Waals surface area (Å²) in [5.74, 6) is -1.05. The van der Waals surface area contributed by atoms with Gasteiger partial charge in [0, 0.05) is 10.6 Å². The molecule has 9 heteroatoms. The number of nitriles is 1. The quantitative estimate of drug-likeness (QED) is 0.784. The van der Waals surface area contributed by atoms with Gasteiger partial charge in [-0.05, 0) is 37.0 Å². The molecule has 0 bridgehead atoms. The first-order valence-corrected chi connectivity index (χ1v) is 9.23. The van der Waals surface area contributed by atoms with Gasteiger partial charge >= 0.3 is 11.9 Å². The van der Waals surface area contributed by atoms with Crippen LogP contribution in [0.3, 0.4) is 0 Å². The van der Waals surface area contributed by atoms with Gasteiger partial charge in [-0.15, -0.1) is 11.8 Å². The van der Waals surface area contributed by atoms with Crippen molar-refractivity contribution in [1.82, 2.24) is 9.55 Å². The van der Waals surface area contributed by atoms with Crippen LogP contribution in [0, 0.1) is 18.3 Å². The van der Waals surface area contributed by atoms with Crippen LogP contribution in [-0.2, 0) is 12.8 Å². The summed E-state index contributed by atoms with van der Waals surface area (Å²) >= 11 is 0.654. The average Bonchev–Trinajstić information content (AvgIpc) is 2.59. The molecular weight excluding hydrogens is 379 g/mol. The molecule has 0 saturated heterocycles. The van der Waals surface area contributed by atoms with Gasteiger partial charge in [0.1, 0.15) is 11.6 Å². The zero-order valence-electron chi connectivity index (χ0n) is 15.0. The van der Waals surface area contributed by atoms with Crippen molar-refractivity contribution < 1.29 is 13.2 Å². The Morgan fingerprint density at radius 1 is 1.19 bits per heavy atom. The molecule has 0 aliphatic rings. The summed E-state index contributed by atoms with van der Waals surface area (Å²) in [6, 6.07) is 5.07. The summed E-state index contributed by atoms with van der Waals surface area (Å²) in [7, 11) is 0. The Hall–Kier alpha value is -2.47. The molecule has 1 aromatic carbocycles. The fourth-order valence-electron chi connectivity index (χ4n) is 2.79. The highest BCUT2D eigenvalue weighted by Gasteiger charge is 2.28. The van der Waals surface area contributed by atoms with Crippen LogP contribution in [0.25, 0.3) is 5.69 Å². The summed E-state index contributed by atoms with van der Waals surface area (Å²) in [4.78, 5) is 26.7. The second-order valence-electron chi connectivity index (χ2n) is 5.87. The van der Waals surface area contributed by atoms with E-state index < -0.39 is 23.2 Å². The standard InChI is InChI=1S/C18H18F3N3O2S/c1-4-11-6-12(5-2)15(27-9-18(19,20)21)7-14(11)24-10(3)13(8-22)16(25)23-17(24)26/h6-7H,4-5,9H2,1-3H3,(H,23,25,26). The van der Waals surface area contributed by atoms with E-state index in [4.69, 9.17) is 0 Å². The van der Waals surface area contributed by atoms with Gasteiger partial charge in [-0.3, -0.25) is 14.3 Å². The molecule has 0 atom stereocenters. The number of aromatic nitrogens is 2. The molecule has 0 unspecified atom stereocenters. The fourth-order valence-corrected chi connectivity index (χ4v) is 3.70. The number of alkyl halides is 3. The minimum Gasteiger partial charge on any atom is -0.273 e. The normalized spacial score (nSPS) is 11.4. The Kier molecular flexibility index (Phi) is 6.21. The van der Waals surface area contributed by atoms with E-state index in [2.05, 4.69) is 4.98 Å². The van der Waals surface area contributed by atoms with Crippen LogP contribution in [0.1, 0.15) is 36.2 Å². The first kappa shape index (κ1) is 20.8. The molecule has 2 aromatic rings. The van der Waals surface area contributed by atoms with Crippen molar-refractivity contribution in [3.8, 4) is 11.8 Å². The lowest BCUT2D eigenvalue weighted by Crippen LogP contribution is -2.33. The molecule has 0 fully saturated rings. The summed E-state index contributed by atoms with van der Waals surface area (Å²) in [6.45, 7) is 5.17. The molecule has 5 nitrogen and oxygen atoms in total. The Morgan fingerprint density at radius 3 is 2.33 bits per heavy atom. The van der Waals surface area contributed by atoms with Crippen molar-refractivity contribution in [1.29, 1.82) is 5.26 Å². The predicted molar refractivity (Wildman–Crippen MR) is 97.6 cm³/mol. The smallest absolute Gasteiger partial charge is 0.273 e. The van der Waals surface area contributed by atoms with E-state index in [-0.39, 0.29) is 11.3 Å². The maximum atomic E-state index is 12.7. The monoisotopic (exact) mass is 397 g/mol. The second kappa shape index (κ2) is 8.05. The van der Waals surface area contributed by atoms with Crippen molar-refractivity contribution in [2.45, 2.75) is 44.7 Å². The highest BCUT2D eigenvalue weighted by Crippen LogP contribution is 2.33. The molecule has 1 heterocycles. The summed E-state index contributed by atoms with van der Waals surface area (Å²) in [5, 5.41) is 9.18. The van der Waals surface area contributed by atoms with E-state index in [0.29, 0.717) is 35.2 Å². The van der Waals surface area contributed by atoms with Crippen LogP contribution in [0.2, 0.25) is 0 Å². The Bertz CT molecular complexity index is 1020. The number of thioether (sulfide) groups is 1. The van der Waals surface area contributed by atoms with Crippen molar-refractivity contribution >= 4 is 11.8 Å². The highest BCUT2D eigenvalue weighted by atomic mass is 32.2. The van der Waals surface area contributed by atoms with Crippen LogP contribution >= 0.6 is 11.8 Å². The molecule has 144 valence electrons. The van der Waals surface area contributed by atoms with Crippen LogP contribution in [0.4, 0.5) is 13.2 Å². The lowest BCUT2D eigenvalue weighted by atomic mass is 10.0. The number of aromatic amines is 1. The summed E-state index contributed by atoms with van der Waals surface area (Å²) < 4.78 is 39.2. The maximum Gasteiger partial charge on any atom is 0.398 e.